The Kier molecular flexibility index (Phi) is 46.1. The van der Waals surface area contributed by atoms with Crippen molar-refractivity contribution in [3.63, 3.8) is 0 Å². The van der Waals surface area contributed by atoms with Crippen molar-refractivity contribution in [3.05, 3.63) is 0 Å². The van der Waals surface area contributed by atoms with Crippen molar-refractivity contribution in [1.29, 1.82) is 0 Å². The van der Waals surface area contributed by atoms with E-state index in [1.165, 1.54) is 31.5 Å². The van der Waals surface area contributed by atoms with Crippen LogP contribution in [0.2, 0.25) is 0 Å². The molecule has 0 N–H and O–H groups in total. The van der Waals surface area contributed by atoms with E-state index in [4.69, 9.17) is 97.7 Å². The van der Waals surface area contributed by atoms with Gasteiger partial charge in [0.1, 0.15) is 26.5 Å². The van der Waals surface area contributed by atoms with Crippen LogP contribution < -0.4 is 0 Å². The number of thiocarbonyl (C=S) groups is 8. The predicted molar refractivity (Wildman–Crippen MR) is 342 cm³/mol. The van der Waals surface area contributed by atoms with Crippen LogP contribution in [-0.4, -0.2) is 288 Å². The summed E-state index contributed by atoms with van der Waals surface area (Å²) in [4.78, 5) is 91.5. The first-order chi connectivity index (χ1) is 30.5. The average Bonchev–Trinajstić information content (AvgIpc) is 4.04. The molecule has 0 aromatic rings. The molecule has 0 spiro atoms. The van der Waals surface area contributed by atoms with E-state index in [2.05, 4.69) is 11.8 Å². The van der Waals surface area contributed by atoms with Crippen LogP contribution in [-0.2, 0) is 14.4 Å². The number of likely N-dealkylation sites (N-methyl/N-ethyl adjacent to an activating group) is 14. The molecular weight excluding hydrogens is 1100 g/mol. The van der Waals surface area contributed by atoms with Crippen molar-refractivity contribution in [2.24, 2.45) is 0 Å². The lowest BCUT2D eigenvalue weighted by Gasteiger charge is -2.14. The normalized spacial score (nSPS) is 17.3. The van der Waals surface area contributed by atoms with Gasteiger partial charge in [0, 0.05) is 97.2 Å². The first kappa shape index (κ1) is 86.6. The molecule has 0 aromatic carbocycles. The molecule has 0 atom stereocenters. The van der Waals surface area contributed by atoms with E-state index in [9.17, 15) is 28.8 Å². The van der Waals surface area contributed by atoms with Gasteiger partial charge in [0.15, 0.2) is 20.4 Å². The highest BCUT2D eigenvalue weighted by molar-refractivity contribution is 7.82. The molecule has 7 rings (SSSR count). The molecule has 7 aliphatic rings. The van der Waals surface area contributed by atoms with Gasteiger partial charge in [0.25, 0.3) is 0 Å². The largest absolute Gasteiger partial charge is 0.345 e. The van der Waals surface area contributed by atoms with Crippen molar-refractivity contribution < 1.29 is 28.8 Å². The number of imide groups is 1. The van der Waals surface area contributed by atoms with E-state index in [1.54, 1.807) is 57.0 Å². The Labute approximate surface area is 491 Å². The molecule has 0 radical (unpaired) electrons. The molecule has 74 heavy (non-hydrogen) atoms. The zero-order valence-corrected chi connectivity index (χ0v) is 46.6. The smallest absolute Gasteiger partial charge is 0.326 e. The minimum absolute atomic E-state index is 0. The number of nitrogens with zero attached hydrogens (tertiary/aromatic N) is 14. The van der Waals surface area contributed by atoms with Crippen LogP contribution in [0.15, 0.2) is 0 Å². The van der Waals surface area contributed by atoms with Gasteiger partial charge in [-0.15, -0.1) is 0 Å². The summed E-state index contributed by atoms with van der Waals surface area (Å²) in [5.41, 5.74) is 0. The van der Waals surface area contributed by atoms with E-state index in [-0.39, 0.29) is 102 Å². The summed E-state index contributed by atoms with van der Waals surface area (Å²) >= 11 is 39.8. The van der Waals surface area contributed by atoms with E-state index >= 15 is 0 Å². The maximum Gasteiger partial charge on any atom is 0.326 e. The lowest BCUT2D eigenvalue weighted by Crippen LogP contribution is -2.29. The second-order valence-corrected chi connectivity index (χ2v) is 18.5. The van der Waals surface area contributed by atoms with Gasteiger partial charge in [-0.05, 0) is 69.6 Å². The minimum Gasteiger partial charge on any atom is -0.345 e. The van der Waals surface area contributed by atoms with Crippen LogP contribution in [0.25, 0.3) is 0 Å². The second-order valence-electron chi connectivity index (χ2n) is 15.1. The number of amides is 9. The Hall–Kier alpha value is -4.06. The van der Waals surface area contributed by atoms with E-state index in [0.29, 0.717) is 46.4 Å². The molecular formula is C46H94N14O6S8. The van der Waals surface area contributed by atoms with E-state index in [1.807, 2.05) is 61.6 Å². The van der Waals surface area contributed by atoms with Crippen molar-refractivity contribution in [2.75, 3.05) is 143 Å². The van der Waals surface area contributed by atoms with Crippen LogP contribution >= 0.6 is 97.7 Å². The summed E-state index contributed by atoms with van der Waals surface area (Å²) in [5, 5.41) is 2.93. The van der Waals surface area contributed by atoms with Crippen molar-refractivity contribution in [2.45, 2.75) is 80.2 Å². The second kappa shape index (κ2) is 39.3. The third-order valence-electron chi connectivity index (χ3n) is 10.4. The monoisotopic (exact) mass is 1190 g/mol. The first-order valence-electron chi connectivity index (χ1n) is 20.2. The summed E-state index contributed by atoms with van der Waals surface area (Å²) in [6.07, 6.45) is 0. The summed E-state index contributed by atoms with van der Waals surface area (Å²) in [6, 6.07) is -0.215. The van der Waals surface area contributed by atoms with Crippen molar-refractivity contribution in [1.82, 2.24) is 68.6 Å². The number of carbonyl (C=O) groups excluding carboxylic acids is 6. The average molecular weight is 1200 g/mol. The lowest BCUT2D eigenvalue weighted by atomic mass is 10.5. The third kappa shape index (κ3) is 23.5. The molecule has 432 valence electrons. The van der Waals surface area contributed by atoms with Crippen LogP contribution in [0.5, 0.6) is 0 Å². The zero-order chi connectivity index (χ0) is 51.2. The SMILES string of the molecule is C.C.C.C.C.C.C.C.CCN1CC(=O)N(C)C1=S.CCN1CC(=S)N(C)C1=O.CCN1CC(=S)N(C)C1=S.CN1CC(=O)N(C)C1=O.CN1CC(=O)N(C)C1=S.CN1CC(=S)N(C)C1=O.CN1CC(=S)N(C)C1=S. The fourth-order valence-corrected chi connectivity index (χ4v) is 7.75. The Morgan fingerprint density at radius 1 is 0.284 bits per heavy atom. The maximum atomic E-state index is 11.1. The number of urea groups is 3. The standard InChI is InChI=1S/2C6H10N2OS.C6H10N2S2.C5H8N2O2.2C5H8N2OS.C5H8N2S2.8CH4/c1-3-8-4-5(10)7(2)6(8)9;2*1-3-8-4-5(9)7(2)6(8)10;1-6-3-4(8)7(2)5(6)9;1-6-3-4(9)7(2)5(6)8;2*1-6-3-4(8)7(2)5(6)9;;;;;;;;/h3*3-4H2,1-2H3;4*3H2,1-2H3;8*1H4. The van der Waals surface area contributed by atoms with Gasteiger partial charge < -0.3 is 44.1 Å². The first-order valence-corrected chi connectivity index (χ1v) is 23.5. The summed E-state index contributed by atoms with van der Waals surface area (Å²) in [5.74, 6) is 0.0249. The molecule has 0 saturated carbocycles. The summed E-state index contributed by atoms with van der Waals surface area (Å²) < 4.78 is 0. The van der Waals surface area contributed by atoms with Gasteiger partial charge in [0.05, 0.1) is 39.3 Å². The van der Waals surface area contributed by atoms with Gasteiger partial charge >= 0.3 is 18.1 Å². The molecule has 0 aliphatic carbocycles. The molecule has 7 aliphatic heterocycles. The lowest BCUT2D eigenvalue weighted by molar-refractivity contribution is -0.125. The summed E-state index contributed by atoms with van der Waals surface area (Å²) in [7, 11) is 19.2. The Balaban J connectivity index is -0.000000112. The van der Waals surface area contributed by atoms with Crippen LogP contribution in [0.4, 0.5) is 14.4 Å². The van der Waals surface area contributed by atoms with Crippen LogP contribution in [0.1, 0.15) is 80.2 Å². The minimum atomic E-state index is -0.222. The Morgan fingerprint density at radius 2 is 0.541 bits per heavy atom. The maximum absolute atomic E-state index is 11.1. The molecule has 20 nitrogen and oxygen atoms in total. The van der Waals surface area contributed by atoms with Gasteiger partial charge in [0.2, 0.25) is 17.7 Å². The van der Waals surface area contributed by atoms with Crippen LogP contribution in [0, 0.1) is 0 Å². The quantitative estimate of drug-likeness (QED) is 0.218. The molecule has 0 unspecified atom stereocenters. The molecule has 0 bridgehead atoms. The number of rotatable bonds is 3. The van der Waals surface area contributed by atoms with E-state index in [0.717, 1.165) is 57.8 Å². The van der Waals surface area contributed by atoms with Crippen molar-refractivity contribution >= 4 is 174 Å². The fourth-order valence-electron chi connectivity index (χ4n) is 5.67. The highest BCUT2D eigenvalue weighted by Crippen LogP contribution is 2.11. The van der Waals surface area contributed by atoms with Gasteiger partial charge in [-0.3, -0.25) is 38.9 Å². The van der Waals surface area contributed by atoms with Crippen LogP contribution in [0.3, 0.4) is 0 Å². The molecule has 9 amide bonds. The number of carbonyl (C=O) groups is 6. The predicted octanol–water partition coefficient (Wildman–Crippen LogP) is 6.69. The van der Waals surface area contributed by atoms with Gasteiger partial charge in [-0.2, -0.15) is 0 Å². The summed E-state index contributed by atoms with van der Waals surface area (Å²) in [6.45, 7) is 12.4. The number of hydrogen-bond donors (Lipinski definition) is 0. The molecule has 7 fully saturated rings. The van der Waals surface area contributed by atoms with Gasteiger partial charge in [-0.25, -0.2) is 14.4 Å². The Bertz CT molecular complexity index is 1740. The zero-order valence-electron chi connectivity index (χ0n) is 40.0. The molecule has 7 saturated heterocycles. The van der Waals surface area contributed by atoms with E-state index < -0.39 is 0 Å². The highest BCUT2D eigenvalue weighted by Gasteiger charge is 2.31. The molecule has 0 aromatic heterocycles. The molecule has 7 heterocycles. The van der Waals surface area contributed by atoms with Gasteiger partial charge in [-0.1, -0.05) is 108 Å². The highest BCUT2D eigenvalue weighted by atomic mass is 32.1. The number of hydrogen-bond acceptors (Lipinski definition) is 14. The Morgan fingerprint density at radius 3 is 0.676 bits per heavy atom. The third-order valence-corrected chi connectivity index (χ3v) is 14.2. The fraction of sp³-hybridized carbons (Fsp3) is 0.696. The topological polar surface area (TPSA) is 148 Å². The van der Waals surface area contributed by atoms with Crippen molar-refractivity contribution in [3.8, 4) is 0 Å². The molecule has 28 heteroatoms.